The smallest absolute Gasteiger partial charge is 0.243 e. The topological polar surface area (TPSA) is 74.2 Å². The lowest BCUT2D eigenvalue weighted by Gasteiger charge is -2.18. The molecule has 1 fully saturated rings. The van der Waals surface area contributed by atoms with E-state index in [1.807, 2.05) is 11.8 Å². The van der Waals surface area contributed by atoms with E-state index in [0.29, 0.717) is 11.7 Å². The molecular formula is C11H19N3O2S. The van der Waals surface area contributed by atoms with E-state index in [9.17, 15) is 0 Å². The van der Waals surface area contributed by atoms with Gasteiger partial charge in [-0.3, -0.25) is 0 Å². The Morgan fingerprint density at radius 3 is 3.18 bits per heavy atom. The Bertz CT molecular complexity index is 339. The SMILES string of the molecule is CCCC[C@H](N)c1nc(C2CSCCO2)no1. The first-order valence-electron chi connectivity index (χ1n) is 6.09. The molecule has 5 nitrogen and oxygen atoms in total. The van der Waals surface area contributed by atoms with Crippen molar-refractivity contribution in [1.82, 2.24) is 10.1 Å². The van der Waals surface area contributed by atoms with Crippen LogP contribution in [0.25, 0.3) is 0 Å². The molecule has 0 radical (unpaired) electrons. The molecule has 1 unspecified atom stereocenters. The number of unbranched alkanes of at least 4 members (excludes halogenated alkanes) is 1. The second-order valence-electron chi connectivity index (χ2n) is 4.17. The summed E-state index contributed by atoms with van der Waals surface area (Å²) < 4.78 is 10.8. The molecule has 6 heteroatoms. The van der Waals surface area contributed by atoms with E-state index in [0.717, 1.165) is 37.4 Å². The molecule has 0 aromatic carbocycles. The van der Waals surface area contributed by atoms with Gasteiger partial charge in [-0.25, -0.2) is 0 Å². The van der Waals surface area contributed by atoms with Crippen LogP contribution < -0.4 is 5.73 Å². The first-order chi connectivity index (χ1) is 8.31. The second kappa shape index (κ2) is 6.37. The molecule has 2 rings (SSSR count). The molecule has 1 aliphatic rings. The molecule has 1 aromatic rings. The van der Waals surface area contributed by atoms with Gasteiger partial charge in [-0.15, -0.1) is 0 Å². The maximum atomic E-state index is 5.98. The van der Waals surface area contributed by atoms with Gasteiger partial charge in [0.05, 0.1) is 12.6 Å². The Kier molecular flexibility index (Phi) is 4.82. The summed E-state index contributed by atoms with van der Waals surface area (Å²) in [6.45, 7) is 2.89. The van der Waals surface area contributed by atoms with Gasteiger partial charge < -0.3 is 15.0 Å². The van der Waals surface area contributed by atoms with Gasteiger partial charge in [0.1, 0.15) is 6.10 Å². The number of ether oxygens (including phenoxy) is 1. The predicted octanol–water partition coefficient (Wildman–Crippen LogP) is 2.06. The summed E-state index contributed by atoms with van der Waals surface area (Å²) in [5.41, 5.74) is 5.98. The number of thioether (sulfide) groups is 1. The number of rotatable bonds is 5. The summed E-state index contributed by atoms with van der Waals surface area (Å²) in [7, 11) is 0. The van der Waals surface area contributed by atoms with Crippen LogP contribution in [0.3, 0.4) is 0 Å². The largest absolute Gasteiger partial charge is 0.368 e. The van der Waals surface area contributed by atoms with Crippen LogP contribution in [-0.4, -0.2) is 28.3 Å². The monoisotopic (exact) mass is 257 g/mol. The molecule has 2 N–H and O–H groups in total. The number of nitrogens with two attached hydrogens (primary N) is 1. The minimum atomic E-state index is -0.146. The van der Waals surface area contributed by atoms with Gasteiger partial charge in [0, 0.05) is 11.5 Å². The normalized spacial score (nSPS) is 22.6. The fraction of sp³-hybridized carbons (Fsp3) is 0.818. The number of aromatic nitrogens is 2. The van der Waals surface area contributed by atoms with Crippen molar-refractivity contribution in [2.75, 3.05) is 18.1 Å². The van der Waals surface area contributed by atoms with Gasteiger partial charge >= 0.3 is 0 Å². The number of hydrogen-bond donors (Lipinski definition) is 1. The first kappa shape index (κ1) is 12.9. The lowest BCUT2D eigenvalue weighted by Crippen LogP contribution is -2.17. The number of nitrogens with zero attached hydrogens (tertiary/aromatic N) is 2. The molecule has 0 amide bonds. The average Bonchev–Trinajstić information content (AvgIpc) is 2.86. The molecule has 17 heavy (non-hydrogen) atoms. The third-order valence-electron chi connectivity index (χ3n) is 2.75. The van der Waals surface area contributed by atoms with Gasteiger partial charge in [0.15, 0.2) is 0 Å². The molecule has 2 atom stereocenters. The third kappa shape index (κ3) is 3.43. The molecule has 0 bridgehead atoms. The third-order valence-corrected chi connectivity index (χ3v) is 3.74. The van der Waals surface area contributed by atoms with Crippen molar-refractivity contribution in [3.05, 3.63) is 11.7 Å². The molecule has 1 aliphatic heterocycles. The predicted molar refractivity (Wildman–Crippen MR) is 66.8 cm³/mol. The minimum absolute atomic E-state index is 0.0374. The van der Waals surface area contributed by atoms with E-state index in [1.54, 1.807) is 0 Å². The summed E-state index contributed by atoms with van der Waals surface area (Å²) in [5, 5.41) is 3.96. The van der Waals surface area contributed by atoms with Crippen molar-refractivity contribution < 1.29 is 9.26 Å². The molecule has 1 saturated heterocycles. The highest BCUT2D eigenvalue weighted by molar-refractivity contribution is 7.99. The minimum Gasteiger partial charge on any atom is -0.368 e. The lowest BCUT2D eigenvalue weighted by atomic mass is 10.1. The van der Waals surface area contributed by atoms with Crippen LogP contribution in [0.1, 0.15) is 50.0 Å². The molecule has 0 aliphatic carbocycles. The van der Waals surface area contributed by atoms with Crippen molar-refractivity contribution >= 4 is 11.8 Å². The Morgan fingerprint density at radius 1 is 1.59 bits per heavy atom. The second-order valence-corrected chi connectivity index (χ2v) is 5.32. The van der Waals surface area contributed by atoms with Crippen LogP contribution >= 0.6 is 11.8 Å². The van der Waals surface area contributed by atoms with Crippen molar-refractivity contribution in [1.29, 1.82) is 0 Å². The summed E-state index contributed by atoms with van der Waals surface area (Å²) in [6.07, 6.45) is 3.05. The van der Waals surface area contributed by atoms with Gasteiger partial charge in [-0.1, -0.05) is 24.9 Å². The zero-order valence-corrected chi connectivity index (χ0v) is 10.9. The van der Waals surface area contributed by atoms with Crippen molar-refractivity contribution in [3.8, 4) is 0 Å². The van der Waals surface area contributed by atoms with Crippen LogP contribution in [0.15, 0.2) is 4.52 Å². The van der Waals surface area contributed by atoms with Crippen molar-refractivity contribution in [2.24, 2.45) is 5.73 Å². The van der Waals surface area contributed by atoms with E-state index in [2.05, 4.69) is 17.1 Å². The van der Waals surface area contributed by atoms with Crippen LogP contribution in [0.2, 0.25) is 0 Å². The fourth-order valence-corrected chi connectivity index (χ4v) is 2.55. The average molecular weight is 257 g/mol. The standard InChI is InChI=1S/C11H19N3O2S/c1-2-3-4-8(12)11-13-10(14-16-11)9-7-17-6-5-15-9/h8-9H,2-7,12H2,1H3/t8-,9?/m0/s1. The first-order valence-corrected chi connectivity index (χ1v) is 7.25. The molecule has 1 aromatic heterocycles. The summed E-state index contributed by atoms with van der Waals surface area (Å²) in [6, 6.07) is -0.146. The lowest BCUT2D eigenvalue weighted by molar-refractivity contribution is 0.0677. The Morgan fingerprint density at radius 2 is 2.47 bits per heavy atom. The molecule has 0 spiro atoms. The molecular weight excluding hydrogens is 238 g/mol. The van der Waals surface area contributed by atoms with E-state index >= 15 is 0 Å². The highest BCUT2D eigenvalue weighted by atomic mass is 32.2. The quantitative estimate of drug-likeness (QED) is 0.870. The van der Waals surface area contributed by atoms with Gasteiger partial charge in [-0.05, 0) is 6.42 Å². The Labute approximate surface area is 105 Å². The summed E-state index contributed by atoms with van der Waals surface area (Å²) in [4.78, 5) is 4.35. The van der Waals surface area contributed by atoms with Crippen LogP contribution in [-0.2, 0) is 4.74 Å². The molecule has 0 saturated carbocycles. The zero-order chi connectivity index (χ0) is 12.1. The Hall–Kier alpha value is -0.590. The van der Waals surface area contributed by atoms with Crippen molar-refractivity contribution in [2.45, 2.75) is 38.3 Å². The maximum Gasteiger partial charge on any atom is 0.243 e. The molecule has 96 valence electrons. The van der Waals surface area contributed by atoms with E-state index in [4.69, 9.17) is 15.0 Å². The van der Waals surface area contributed by atoms with Crippen LogP contribution in [0, 0.1) is 0 Å². The maximum absolute atomic E-state index is 5.98. The van der Waals surface area contributed by atoms with Gasteiger partial charge in [0.2, 0.25) is 11.7 Å². The highest BCUT2D eigenvalue weighted by Crippen LogP contribution is 2.25. The fourth-order valence-electron chi connectivity index (χ4n) is 1.71. The van der Waals surface area contributed by atoms with Gasteiger partial charge in [0.25, 0.3) is 0 Å². The zero-order valence-electron chi connectivity index (χ0n) is 10.1. The summed E-state index contributed by atoms with van der Waals surface area (Å²) >= 11 is 1.85. The Balaban J connectivity index is 1.94. The molecule has 2 heterocycles. The summed E-state index contributed by atoms with van der Waals surface area (Å²) in [5.74, 6) is 3.10. The van der Waals surface area contributed by atoms with E-state index < -0.39 is 0 Å². The highest BCUT2D eigenvalue weighted by Gasteiger charge is 2.23. The van der Waals surface area contributed by atoms with E-state index in [1.165, 1.54) is 0 Å². The van der Waals surface area contributed by atoms with Crippen LogP contribution in [0.4, 0.5) is 0 Å². The van der Waals surface area contributed by atoms with Crippen LogP contribution in [0.5, 0.6) is 0 Å². The van der Waals surface area contributed by atoms with Gasteiger partial charge in [-0.2, -0.15) is 16.7 Å². The number of hydrogen-bond acceptors (Lipinski definition) is 6. The van der Waals surface area contributed by atoms with Crippen molar-refractivity contribution in [3.63, 3.8) is 0 Å². The van der Waals surface area contributed by atoms with E-state index in [-0.39, 0.29) is 12.1 Å².